The van der Waals surface area contributed by atoms with Gasteiger partial charge >= 0.3 is 48.1 Å². The number of hydrogen-bond acceptors (Lipinski definition) is 2. The summed E-state index contributed by atoms with van der Waals surface area (Å²) in [4.78, 5) is 0. The first-order chi connectivity index (χ1) is 2.00. The summed E-state index contributed by atoms with van der Waals surface area (Å²) in [6.45, 7) is 0. The van der Waals surface area contributed by atoms with E-state index in [2.05, 4.69) is 0 Å². The Bertz CT molecular complexity index is 98.8. The molecule has 0 rings (SSSR count). The Labute approximate surface area is 128 Å². The number of rotatable bonds is 0. The van der Waals surface area contributed by atoms with Gasteiger partial charge in [-0.3, -0.25) is 9.11 Å². The average Bonchev–Trinajstić information content (AvgIpc) is 0.722. The van der Waals surface area contributed by atoms with Crippen molar-refractivity contribution in [3.8, 4) is 0 Å². The van der Waals surface area contributed by atoms with Crippen LogP contribution in [0.15, 0.2) is 0 Å². The maximum atomic E-state index is 8.74. The molecule has 0 aliphatic carbocycles. The first-order valence-electron chi connectivity index (χ1n) is 0.698. The van der Waals surface area contributed by atoms with Gasteiger partial charge in [0.1, 0.15) is 0 Å². The molecule has 0 aliphatic heterocycles. The number of hydrogen-bond donors (Lipinski definition) is 2. The minimum absolute atomic E-state index is 0. The second-order valence-corrected chi connectivity index (χ2v) is 1.34. The van der Waals surface area contributed by atoms with Crippen LogP contribution in [0.3, 0.4) is 0 Å². The summed E-state index contributed by atoms with van der Waals surface area (Å²) in [6.07, 6.45) is 0. The second kappa shape index (κ2) is 58.2. The van der Waals surface area contributed by atoms with E-state index in [1.54, 1.807) is 0 Å². The molecule has 102 valence electrons. The minimum Gasteiger partial charge on any atom is 0 e. The molecule has 0 amide bonds. The van der Waals surface area contributed by atoms with Crippen LogP contribution in [-0.2, 0) is 29.9 Å². The molecule has 0 aromatic rings. The van der Waals surface area contributed by atoms with Crippen LogP contribution in [-0.4, -0.2) is 99.1 Å². The molecule has 18 N–H and O–H groups in total. The fourth-order valence-corrected chi connectivity index (χ4v) is 0. The maximum absolute atomic E-state index is 8.74. The molecule has 0 aromatic heterocycles. The van der Waals surface area contributed by atoms with E-state index in [0.717, 1.165) is 0 Å². The molecule has 0 atom stereocenters. The molecular weight excluding hydrogens is 330 g/mol. The zero-order valence-corrected chi connectivity index (χ0v) is 10.6. The van der Waals surface area contributed by atoms with Crippen LogP contribution in [0.5, 0.6) is 0 Å². The monoisotopic (exact) mass is 348 g/mol. The van der Waals surface area contributed by atoms with Crippen molar-refractivity contribution in [3.05, 3.63) is 0 Å². The van der Waals surface area contributed by atoms with Crippen molar-refractivity contribution in [1.29, 1.82) is 0 Å². The van der Waals surface area contributed by atoms with Gasteiger partial charge in [-0.2, -0.15) is 8.42 Å². The Balaban J connectivity index is -0.00000000178. The van der Waals surface area contributed by atoms with Crippen molar-refractivity contribution >= 4 is 48.1 Å². The molecule has 0 bridgehead atoms. The van der Waals surface area contributed by atoms with Crippen molar-refractivity contribution in [3.63, 3.8) is 0 Å². The predicted octanol–water partition coefficient (Wildman–Crippen LogP) is -8.17. The van der Waals surface area contributed by atoms with Crippen LogP contribution in [0.1, 0.15) is 0 Å². The van der Waals surface area contributed by atoms with E-state index in [9.17, 15) is 0 Å². The second-order valence-electron chi connectivity index (χ2n) is 0.448. The summed E-state index contributed by atoms with van der Waals surface area (Å²) in [5, 5.41) is 0. The van der Waals surface area contributed by atoms with Crippen molar-refractivity contribution in [1.82, 2.24) is 0 Å². The van der Waals surface area contributed by atoms with Crippen molar-refractivity contribution in [2.45, 2.75) is 0 Å². The van der Waals surface area contributed by atoms with Gasteiger partial charge < -0.3 is 43.8 Å². The quantitative estimate of drug-likeness (QED) is 0.317. The van der Waals surface area contributed by atoms with Gasteiger partial charge in [-0.15, -0.1) is 0 Å². The SMILES string of the molecule is O.O.O.O.O.O.O.O.O=S(=O)(O)O.[CaH2].[Zn]. The molecule has 0 aliphatic rings. The van der Waals surface area contributed by atoms with Gasteiger partial charge in [0.2, 0.25) is 0 Å². The van der Waals surface area contributed by atoms with Crippen molar-refractivity contribution < 1.29 is 80.8 Å². The van der Waals surface area contributed by atoms with Crippen molar-refractivity contribution in [2.24, 2.45) is 0 Å². The van der Waals surface area contributed by atoms with Crippen LogP contribution >= 0.6 is 0 Å². The van der Waals surface area contributed by atoms with Crippen LogP contribution < -0.4 is 0 Å². The van der Waals surface area contributed by atoms with E-state index in [1.807, 2.05) is 0 Å². The molecule has 15 heavy (non-hydrogen) atoms. The summed E-state index contributed by atoms with van der Waals surface area (Å²) >= 11 is 0. The topological polar surface area (TPSA) is 327 Å². The Hall–Kier alpha value is 1.43. The third-order valence-electron chi connectivity index (χ3n) is 0. The van der Waals surface area contributed by atoms with Gasteiger partial charge in [0.05, 0.1) is 0 Å². The molecule has 12 nitrogen and oxygen atoms in total. The summed E-state index contributed by atoms with van der Waals surface area (Å²) < 4.78 is 31.6. The summed E-state index contributed by atoms with van der Waals surface area (Å²) in [7, 11) is -4.67. The normalized spacial score (nSPS) is 3.87. The van der Waals surface area contributed by atoms with Gasteiger partial charge in [0.25, 0.3) is 0 Å². The summed E-state index contributed by atoms with van der Waals surface area (Å²) in [5.41, 5.74) is 0. The van der Waals surface area contributed by atoms with E-state index < -0.39 is 10.4 Å². The van der Waals surface area contributed by atoms with Crippen LogP contribution in [0.4, 0.5) is 0 Å². The standard InChI is InChI=1S/Ca.H2O4S.8H2O.Zn.2H/c;1-5(2,3)4;;;;;;;;;;;/h;(H2,1,2,3,4);8*1H2;;;. The third kappa shape index (κ3) is 1360. The molecule has 0 radical (unpaired) electrons. The Kier molecular flexibility index (Phi) is 514. The van der Waals surface area contributed by atoms with Gasteiger partial charge in [0.15, 0.2) is 0 Å². The predicted molar refractivity (Wildman–Crippen MR) is 51.6 cm³/mol. The minimum atomic E-state index is -4.67. The molecule has 0 heterocycles. The van der Waals surface area contributed by atoms with Gasteiger partial charge in [-0.05, 0) is 0 Å². The van der Waals surface area contributed by atoms with Gasteiger partial charge in [-0.25, -0.2) is 0 Å². The molecule has 0 aromatic carbocycles. The molecule has 0 saturated heterocycles. The Morgan fingerprint density at radius 1 is 0.600 bits per heavy atom. The zero-order chi connectivity index (χ0) is 4.50. The summed E-state index contributed by atoms with van der Waals surface area (Å²) in [6, 6.07) is 0. The van der Waals surface area contributed by atoms with Crippen LogP contribution in [0.25, 0.3) is 0 Å². The first-order valence-corrected chi connectivity index (χ1v) is 2.10. The maximum Gasteiger partial charge on any atom is 0 e. The Morgan fingerprint density at radius 2 is 0.600 bits per heavy atom. The van der Waals surface area contributed by atoms with Gasteiger partial charge in [-0.1, -0.05) is 0 Å². The molecule has 15 heteroatoms. The van der Waals surface area contributed by atoms with Gasteiger partial charge in [0, 0.05) is 19.5 Å². The first kappa shape index (κ1) is 133. The fraction of sp³-hybridized carbons (Fsp3) is 0. The fourth-order valence-electron chi connectivity index (χ4n) is 0. The van der Waals surface area contributed by atoms with Crippen LogP contribution in [0.2, 0.25) is 0 Å². The largest absolute Gasteiger partial charge is 0 e. The van der Waals surface area contributed by atoms with E-state index in [0.29, 0.717) is 0 Å². The molecular formula is H20CaO12SZn. The zero-order valence-electron chi connectivity index (χ0n) is 6.83. The van der Waals surface area contributed by atoms with Crippen LogP contribution in [0, 0.1) is 0 Å². The van der Waals surface area contributed by atoms with Crippen molar-refractivity contribution in [2.75, 3.05) is 0 Å². The third-order valence-corrected chi connectivity index (χ3v) is 0. The molecule has 0 spiro atoms. The molecule has 0 unspecified atom stereocenters. The van der Waals surface area contributed by atoms with E-state index in [-0.39, 0.29) is 101 Å². The van der Waals surface area contributed by atoms with E-state index >= 15 is 0 Å². The Morgan fingerprint density at radius 3 is 0.600 bits per heavy atom. The molecule has 0 fully saturated rings. The summed E-state index contributed by atoms with van der Waals surface area (Å²) in [5.74, 6) is 0. The molecule has 0 saturated carbocycles. The van der Waals surface area contributed by atoms with E-state index in [1.165, 1.54) is 0 Å². The smallest absolute Gasteiger partial charge is 0 e. The average molecular weight is 350 g/mol. The van der Waals surface area contributed by atoms with E-state index in [4.69, 9.17) is 17.5 Å².